The van der Waals surface area contributed by atoms with Crippen LogP contribution in [0, 0.1) is 5.92 Å². The molecule has 0 spiro atoms. The fraction of sp³-hybridized carbons (Fsp3) is 0.818. The maximum atomic E-state index is 12.0. The molecule has 84 valence electrons. The fourth-order valence-electron chi connectivity index (χ4n) is 2.23. The van der Waals surface area contributed by atoms with Gasteiger partial charge in [0.1, 0.15) is 5.78 Å². The molecule has 0 aromatic carbocycles. The van der Waals surface area contributed by atoms with E-state index in [0.29, 0.717) is 44.9 Å². The molecule has 4 heteroatoms. The third-order valence-corrected chi connectivity index (χ3v) is 3.22. The van der Waals surface area contributed by atoms with E-state index in [4.69, 9.17) is 4.74 Å². The molecule has 2 fully saturated rings. The van der Waals surface area contributed by atoms with Crippen LogP contribution in [-0.4, -0.2) is 42.9 Å². The fourth-order valence-corrected chi connectivity index (χ4v) is 2.23. The highest BCUT2D eigenvalue weighted by Gasteiger charge is 2.29. The van der Waals surface area contributed by atoms with E-state index in [1.807, 2.05) is 4.90 Å². The number of carbonyl (C=O) groups is 2. The maximum Gasteiger partial charge on any atom is 0.225 e. The van der Waals surface area contributed by atoms with Crippen LogP contribution in [0.15, 0.2) is 0 Å². The van der Waals surface area contributed by atoms with Crippen molar-refractivity contribution in [1.82, 2.24) is 4.90 Å². The summed E-state index contributed by atoms with van der Waals surface area (Å²) in [6, 6.07) is 0. The summed E-state index contributed by atoms with van der Waals surface area (Å²) >= 11 is 0. The van der Waals surface area contributed by atoms with Crippen molar-refractivity contribution >= 4 is 11.7 Å². The molecule has 2 rings (SSSR count). The lowest BCUT2D eigenvalue weighted by Gasteiger charge is -2.31. The summed E-state index contributed by atoms with van der Waals surface area (Å²) in [5.74, 6) is 0.618. The van der Waals surface area contributed by atoms with Crippen molar-refractivity contribution in [3.8, 4) is 0 Å². The maximum absolute atomic E-state index is 12.0. The standard InChI is InChI=1S/C11H17NO3/c13-10-3-1-9(2-4-10)11(14)12-5-7-15-8-6-12/h9H,1-8H2. The predicted octanol–water partition coefficient (Wildman–Crippen LogP) is 0.605. The molecule has 4 nitrogen and oxygen atoms in total. The van der Waals surface area contributed by atoms with Gasteiger partial charge in [0.05, 0.1) is 13.2 Å². The van der Waals surface area contributed by atoms with Gasteiger partial charge in [-0.05, 0) is 12.8 Å². The zero-order valence-electron chi connectivity index (χ0n) is 8.91. The molecule has 1 saturated carbocycles. The molecular weight excluding hydrogens is 194 g/mol. The zero-order chi connectivity index (χ0) is 10.7. The predicted molar refractivity (Wildman–Crippen MR) is 54.4 cm³/mol. The quantitative estimate of drug-likeness (QED) is 0.638. The number of rotatable bonds is 1. The second-order valence-electron chi connectivity index (χ2n) is 4.25. The molecule has 1 heterocycles. The van der Waals surface area contributed by atoms with Crippen molar-refractivity contribution in [3.63, 3.8) is 0 Å². The van der Waals surface area contributed by atoms with Crippen LogP contribution in [0.4, 0.5) is 0 Å². The number of ether oxygens (including phenoxy) is 1. The van der Waals surface area contributed by atoms with Gasteiger partial charge in [0.15, 0.2) is 0 Å². The molecule has 2 aliphatic rings. The van der Waals surface area contributed by atoms with Crippen LogP contribution in [0.25, 0.3) is 0 Å². The molecule has 0 atom stereocenters. The number of carbonyl (C=O) groups excluding carboxylic acids is 2. The van der Waals surface area contributed by atoms with Crippen LogP contribution in [0.2, 0.25) is 0 Å². The van der Waals surface area contributed by atoms with Crippen molar-refractivity contribution in [1.29, 1.82) is 0 Å². The first kappa shape index (κ1) is 10.6. The highest BCUT2D eigenvalue weighted by Crippen LogP contribution is 2.23. The zero-order valence-corrected chi connectivity index (χ0v) is 8.91. The van der Waals surface area contributed by atoms with Gasteiger partial charge in [0.2, 0.25) is 5.91 Å². The molecule has 0 aromatic rings. The van der Waals surface area contributed by atoms with Gasteiger partial charge in [-0.2, -0.15) is 0 Å². The molecule has 0 unspecified atom stereocenters. The van der Waals surface area contributed by atoms with Gasteiger partial charge in [-0.15, -0.1) is 0 Å². The lowest BCUT2D eigenvalue weighted by atomic mass is 9.87. The lowest BCUT2D eigenvalue weighted by molar-refractivity contribution is -0.141. The molecule has 0 N–H and O–H groups in total. The average Bonchev–Trinajstić information content (AvgIpc) is 2.30. The van der Waals surface area contributed by atoms with Crippen molar-refractivity contribution in [2.75, 3.05) is 26.3 Å². The van der Waals surface area contributed by atoms with E-state index in [-0.39, 0.29) is 11.8 Å². The van der Waals surface area contributed by atoms with E-state index in [0.717, 1.165) is 12.8 Å². The Morgan fingerprint density at radius 1 is 1.20 bits per heavy atom. The molecule has 1 aliphatic heterocycles. The van der Waals surface area contributed by atoms with Crippen molar-refractivity contribution in [2.24, 2.45) is 5.92 Å². The number of ketones is 1. The summed E-state index contributed by atoms with van der Waals surface area (Å²) in [7, 11) is 0. The molecule has 15 heavy (non-hydrogen) atoms. The third-order valence-electron chi connectivity index (χ3n) is 3.22. The van der Waals surface area contributed by atoms with Gasteiger partial charge in [0, 0.05) is 31.8 Å². The van der Waals surface area contributed by atoms with Crippen molar-refractivity contribution in [2.45, 2.75) is 25.7 Å². The first-order chi connectivity index (χ1) is 7.27. The Hall–Kier alpha value is -0.900. The molecule has 0 bridgehead atoms. The number of Topliss-reactive ketones (excluding diaryl/α,β-unsaturated/α-hetero) is 1. The summed E-state index contributed by atoms with van der Waals surface area (Å²) < 4.78 is 5.21. The minimum atomic E-state index is 0.0841. The summed E-state index contributed by atoms with van der Waals surface area (Å²) in [6.07, 6.45) is 2.66. The molecule has 0 aromatic heterocycles. The van der Waals surface area contributed by atoms with Gasteiger partial charge in [-0.3, -0.25) is 9.59 Å². The first-order valence-electron chi connectivity index (χ1n) is 5.65. The van der Waals surface area contributed by atoms with E-state index in [9.17, 15) is 9.59 Å². The minimum Gasteiger partial charge on any atom is -0.378 e. The second-order valence-corrected chi connectivity index (χ2v) is 4.25. The van der Waals surface area contributed by atoms with Crippen molar-refractivity contribution < 1.29 is 14.3 Å². The van der Waals surface area contributed by atoms with Crippen LogP contribution >= 0.6 is 0 Å². The van der Waals surface area contributed by atoms with Crippen LogP contribution in [0.5, 0.6) is 0 Å². The van der Waals surface area contributed by atoms with E-state index < -0.39 is 0 Å². The molecule has 1 aliphatic carbocycles. The average molecular weight is 211 g/mol. The van der Waals surface area contributed by atoms with Gasteiger partial charge in [-0.1, -0.05) is 0 Å². The van der Waals surface area contributed by atoms with Crippen LogP contribution in [0.3, 0.4) is 0 Å². The molecule has 0 radical (unpaired) electrons. The number of hydrogen-bond donors (Lipinski definition) is 0. The third kappa shape index (κ3) is 2.56. The summed E-state index contributed by atoms with van der Waals surface area (Å²) in [5.41, 5.74) is 0. The van der Waals surface area contributed by atoms with Crippen molar-refractivity contribution in [3.05, 3.63) is 0 Å². The summed E-state index contributed by atoms with van der Waals surface area (Å²) in [6.45, 7) is 2.72. The topological polar surface area (TPSA) is 46.6 Å². The number of amides is 1. The Labute approximate surface area is 89.6 Å². The largest absolute Gasteiger partial charge is 0.378 e. The van der Waals surface area contributed by atoms with Gasteiger partial charge < -0.3 is 9.64 Å². The number of hydrogen-bond acceptors (Lipinski definition) is 3. The minimum absolute atomic E-state index is 0.0841. The van der Waals surface area contributed by atoms with Gasteiger partial charge in [-0.25, -0.2) is 0 Å². The van der Waals surface area contributed by atoms with Crippen LogP contribution in [-0.2, 0) is 14.3 Å². The number of nitrogens with zero attached hydrogens (tertiary/aromatic N) is 1. The van der Waals surface area contributed by atoms with E-state index in [1.165, 1.54) is 0 Å². The monoisotopic (exact) mass is 211 g/mol. The highest BCUT2D eigenvalue weighted by molar-refractivity contribution is 5.84. The summed E-state index contributed by atoms with van der Waals surface area (Å²) in [4.78, 5) is 25.0. The Morgan fingerprint density at radius 2 is 1.80 bits per heavy atom. The number of morpholine rings is 1. The Kier molecular flexibility index (Phi) is 3.36. The SMILES string of the molecule is O=C1CCC(C(=O)N2CCOCC2)CC1. The van der Waals surface area contributed by atoms with E-state index in [1.54, 1.807) is 0 Å². The van der Waals surface area contributed by atoms with E-state index >= 15 is 0 Å². The van der Waals surface area contributed by atoms with Gasteiger partial charge in [0.25, 0.3) is 0 Å². The first-order valence-corrected chi connectivity index (χ1v) is 5.65. The second kappa shape index (κ2) is 4.75. The van der Waals surface area contributed by atoms with E-state index in [2.05, 4.69) is 0 Å². The molecular formula is C11H17NO3. The lowest BCUT2D eigenvalue weighted by Crippen LogP contribution is -2.44. The van der Waals surface area contributed by atoms with Crippen LogP contribution < -0.4 is 0 Å². The highest BCUT2D eigenvalue weighted by atomic mass is 16.5. The normalized spacial score (nSPS) is 24.3. The molecule has 1 saturated heterocycles. The Morgan fingerprint density at radius 3 is 2.40 bits per heavy atom. The summed E-state index contributed by atoms with van der Waals surface area (Å²) in [5, 5.41) is 0. The Balaban J connectivity index is 1.86. The molecule has 1 amide bonds. The smallest absolute Gasteiger partial charge is 0.225 e. The van der Waals surface area contributed by atoms with Crippen LogP contribution in [0.1, 0.15) is 25.7 Å². The van der Waals surface area contributed by atoms with Gasteiger partial charge >= 0.3 is 0 Å². The Bertz CT molecular complexity index is 249.